The molecule has 1 aromatic carbocycles. The summed E-state index contributed by atoms with van der Waals surface area (Å²) in [6.07, 6.45) is 0.751. The SMILES string of the molecule is CC(C)(C)c1ccc(NC(=O)NCc2ccc(C(O)c3ccco3)s2)cc1. The molecule has 3 aromatic rings. The number of urea groups is 1. The first-order chi connectivity index (χ1) is 12.8. The standard InChI is InChI=1S/C21H24N2O3S/c1-21(2,3)14-6-8-15(9-7-14)23-20(25)22-13-16-10-11-18(27-16)19(24)17-5-4-12-26-17/h4-12,19,24H,13H2,1-3H3,(H2,22,23,25). The van der Waals surface area contributed by atoms with Crippen LogP contribution in [0.15, 0.2) is 59.2 Å². The molecule has 0 aliphatic rings. The fraction of sp³-hybridized carbons (Fsp3) is 0.286. The van der Waals surface area contributed by atoms with Crippen LogP contribution in [0.5, 0.6) is 0 Å². The highest BCUT2D eigenvalue weighted by Crippen LogP contribution is 2.28. The van der Waals surface area contributed by atoms with Gasteiger partial charge in [-0.25, -0.2) is 4.79 Å². The number of thiophene rings is 1. The van der Waals surface area contributed by atoms with Gasteiger partial charge in [0.1, 0.15) is 11.9 Å². The van der Waals surface area contributed by atoms with Gasteiger partial charge in [-0.3, -0.25) is 0 Å². The van der Waals surface area contributed by atoms with Gasteiger partial charge in [-0.1, -0.05) is 32.9 Å². The summed E-state index contributed by atoms with van der Waals surface area (Å²) in [5, 5.41) is 15.9. The van der Waals surface area contributed by atoms with Crippen LogP contribution in [0.3, 0.4) is 0 Å². The number of anilines is 1. The van der Waals surface area contributed by atoms with E-state index in [1.54, 1.807) is 12.1 Å². The highest BCUT2D eigenvalue weighted by molar-refractivity contribution is 7.12. The van der Waals surface area contributed by atoms with Crippen molar-refractivity contribution in [2.45, 2.75) is 38.8 Å². The minimum atomic E-state index is -0.783. The molecular weight excluding hydrogens is 360 g/mol. The average molecular weight is 385 g/mol. The Kier molecular flexibility index (Phi) is 5.68. The van der Waals surface area contributed by atoms with Crippen LogP contribution in [-0.4, -0.2) is 11.1 Å². The van der Waals surface area contributed by atoms with E-state index in [9.17, 15) is 9.90 Å². The zero-order valence-corrected chi connectivity index (χ0v) is 16.5. The minimum absolute atomic E-state index is 0.0812. The number of aliphatic hydroxyl groups excluding tert-OH is 1. The molecule has 0 aliphatic heterocycles. The molecule has 0 saturated carbocycles. The number of nitrogens with one attached hydrogen (secondary N) is 2. The van der Waals surface area contributed by atoms with Crippen LogP contribution < -0.4 is 10.6 Å². The summed E-state index contributed by atoms with van der Waals surface area (Å²) in [7, 11) is 0. The normalized spacial score (nSPS) is 12.6. The summed E-state index contributed by atoms with van der Waals surface area (Å²) in [6.45, 7) is 6.85. The van der Waals surface area contributed by atoms with E-state index in [1.165, 1.54) is 23.2 Å². The predicted molar refractivity (Wildman–Crippen MR) is 108 cm³/mol. The van der Waals surface area contributed by atoms with Crippen LogP contribution in [0.25, 0.3) is 0 Å². The largest absolute Gasteiger partial charge is 0.466 e. The molecular formula is C21H24N2O3S. The Balaban J connectivity index is 1.52. The fourth-order valence-electron chi connectivity index (χ4n) is 2.62. The second kappa shape index (κ2) is 7.98. The van der Waals surface area contributed by atoms with E-state index in [2.05, 4.69) is 31.4 Å². The maximum atomic E-state index is 12.1. The van der Waals surface area contributed by atoms with E-state index in [1.807, 2.05) is 36.4 Å². The Morgan fingerprint density at radius 2 is 1.89 bits per heavy atom. The lowest BCUT2D eigenvalue weighted by Crippen LogP contribution is -2.27. The maximum Gasteiger partial charge on any atom is 0.319 e. The summed E-state index contributed by atoms with van der Waals surface area (Å²) in [4.78, 5) is 13.8. The lowest BCUT2D eigenvalue weighted by atomic mass is 9.87. The molecule has 0 bridgehead atoms. The fourth-order valence-corrected chi connectivity index (χ4v) is 3.57. The topological polar surface area (TPSA) is 74.5 Å². The highest BCUT2D eigenvalue weighted by Gasteiger charge is 2.16. The van der Waals surface area contributed by atoms with Gasteiger partial charge in [0.2, 0.25) is 0 Å². The smallest absolute Gasteiger partial charge is 0.319 e. The Morgan fingerprint density at radius 3 is 2.52 bits per heavy atom. The minimum Gasteiger partial charge on any atom is -0.466 e. The first kappa shape index (κ1) is 19.2. The first-order valence-electron chi connectivity index (χ1n) is 8.78. The number of carbonyl (C=O) groups excluding carboxylic acids is 1. The number of hydrogen-bond donors (Lipinski definition) is 3. The van der Waals surface area contributed by atoms with Gasteiger partial charge >= 0.3 is 6.03 Å². The number of amides is 2. The highest BCUT2D eigenvalue weighted by atomic mass is 32.1. The van der Waals surface area contributed by atoms with E-state index in [0.29, 0.717) is 12.3 Å². The number of carbonyl (C=O) groups is 1. The third kappa shape index (κ3) is 4.99. The van der Waals surface area contributed by atoms with E-state index < -0.39 is 6.10 Å². The summed E-state index contributed by atoms with van der Waals surface area (Å²) >= 11 is 1.44. The van der Waals surface area contributed by atoms with Crippen LogP contribution in [0.4, 0.5) is 10.5 Å². The van der Waals surface area contributed by atoms with Gasteiger partial charge in [0.25, 0.3) is 0 Å². The zero-order valence-electron chi connectivity index (χ0n) is 15.7. The average Bonchev–Trinajstić information content (AvgIpc) is 3.31. The monoisotopic (exact) mass is 384 g/mol. The van der Waals surface area contributed by atoms with Crippen molar-refractivity contribution < 1.29 is 14.3 Å². The maximum absolute atomic E-state index is 12.1. The van der Waals surface area contributed by atoms with Gasteiger partial charge in [-0.05, 0) is 47.4 Å². The molecule has 1 unspecified atom stereocenters. The van der Waals surface area contributed by atoms with Gasteiger partial charge in [0.15, 0.2) is 0 Å². The van der Waals surface area contributed by atoms with Crippen LogP contribution in [0, 0.1) is 0 Å². The molecule has 142 valence electrons. The molecule has 3 rings (SSSR count). The molecule has 2 aromatic heterocycles. The Bertz CT molecular complexity index is 877. The zero-order chi connectivity index (χ0) is 19.4. The number of furan rings is 1. The molecule has 27 heavy (non-hydrogen) atoms. The van der Waals surface area contributed by atoms with Crippen molar-refractivity contribution in [2.24, 2.45) is 0 Å². The molecule has 0 spiro atoms. The summed E-state index contributed by atoms with van der Waals surface area (Å²) < 4.78 is 5.23. The third-order valence-electron chi connectivity index (χ3n) is 4.20. The first-order valence-corrected chi connectivity index (χ1v) is 9.60. The van der Waals surface area contributed by atoms with Gasteiger partial charge in [-0.15, -0.1) is 11.3 Å². The van der Waals surface area contributed by atoms with Gasteiger partial charge < -0.3 is 20.2 Å². The number of rotatable bonds is 5. The number of benzene rings is 1. The Labute approximate surface area is 163 Å². The third-order valence-corrected chi connectivity index (χ3v) is 5.33. The van der Waals surface area contributed by atoms with Crippen molar-refractivity contribution in [3.63, 3.8) is 0 Å². The quantitative estimate of drug-likeness (QED) is 0.577. The van der Waals surface area contributed by atoms with Crippen LogP contribution in [0.2, 0.25) is 0 Å². The van der Waals surface area contributed by atoms with Gasteiger partial charge in [0.05, 0.1) is 12.8 Å². The van der Waals surface area contributed by atoms with Crippen LogP contribution >= 0.6 is 11.3 Å². The molecule has 0 aliphatic carbocycles. The molecule has 3 N–H and O–H groups in total. The van der Waals surface area contributed by atoms with E-state index in [-0.39, 0.29) is 11.4 Å². The Hall–Kier alpha value is -2.57. The van der Waals surface area contributed by atoms with Crippen molar-refractivity contribution >= 4 is 23.1 Å². The van der Waals surface area contributed by atoms with E-state index in [4.69, 9.17) is 4.42 Å². The Morgan fingerprint density at radius 1 is 1.15 bits per heavy atom. The van der Waals surface area contributed by atoms with Gasteiger partial charge in [0, 0.05) is 15.4 Å². The van der Waals surface area contributed by atoms with E-state index >= 15 is 0 Å². The lowest BCUT2D eigenvalue weighted by molar-refractivity contribution is 0.193. The van der Waals surface area contributed by atoms with Gasteiger partial charge in [-0.2, -0.15) is 0 Å². The van der Waals surface area contributed by atoms with Crippen molar-refractivity contribution in [1.82, 2.24) is 5.32 Å². The number of hydrogen-bond acceptors (Lipinski definition) is 4. The molecule has 6 heteroatoms. The van der Waals surface area contributed by atoms with Crippen LogP contribution in [-0.2, 0) is 12.0 Å². The molecule has 2 heterocycles. The van der Waals surface area contributed by atoms with Crippen molar-refractivity contribution in [2.75, 3.05) is 5.32 Å². The molecule has 0 saturated heterocycles. The van der Waals surface area contributed by atoms with Crippen molar-refractivity contribution in [3.8, 4) is 0 Å². The summed E-state index contributed by atoms with van der Waals surface area (Å²) in [5.41, 5.74) is 2.05. The number of aliphatic hydroxyl groups is 1. The second-order valence-corrected chi connectivity index (χ2v) is 8.56. The predicted octanol–water partition coefficient (Wildman–Crippen LogP) is 5.04. The summed E-state index contributed by atoms with van der Waals surface area (Å²) in [6, 6.07) is 14.8. The molecule has 0 fully saturated rings. The molecule has 1 atom stereocenters. The molecule has 5 nitrogen and oxygen atoms in total. The molecule has 0 radical (unpaired) electrons. The lowest BCUT2D eigenvalue weighted by Gasteiger charge is -2.19. The van der Waals surface area contributed by atoms with Crippen LogP contribution in [0.1, 0.15) is 48.0 Å². The van der Waals surface area contributed by atoms with E-state index in [0.717, 1.165) is 15.4 Å². The van der Waals surface area contributed by atoms with Crippen molar-refractivity contribution in [3.05, 3.63) is 75.9 Å². The molecule has 2 amide bonds. The summed E-state index contributed by atoms with van der Waals surface area (Å²) in [5.74, 6) is 0.507. The van der Waals surface area contributed by atoms with Crippen molar-refractivity contribution in [1.29, 1.82) is 0 Å². The second-order valence-electron chi connectivity index (χ2n) is 7.36.